The van der Waals surface area contributed by atoms with Gasteiger partial charge in [-0.3, -0.25) is 0 Å². The number of allylic oxidation sites excluding steroid dienone is 2. The molecular weight excluding hydrogens is 532 g/mol. The normalized spacial score (nSPS) is 13.3. The van der Waals surface area contributed by atoms with E-state index in [9.17, 15) is 0 Å². The van der Waals surface area contributed by atoms with Gasteiger partial charge in [-0.2, -0.15) is 0 Å². The van der Waals surface area contributed by atoms with Gasteiger partial charge in [0.1, 0.15) is 0 Å². The molecule has 0 N–H and O–H groups in total. The van der Waals surface area contributed by atoms with Crippen molar-refractivity contribution >= 4 is 16.8 Å². The van der Waals surface area contributed by atoms with Gasteiger partial charge in [-0.05, 0) is 100 Å². The third-order valence-corrected chi connectivity index (χ3v) is 9.43. The Labute approximate surface area is 260 Å². The molecule has 7 rings (SSSR count). The van der Waals surface area contributed by atoms with E-state index in [1.54, 1.807) is 0 Å². The Bertz CT molecular complexity index is 2140. The molecule has 0 radical (unpaired) electrons. The van der Waals surface area contributed by atoms with E-state index in [4.69, 9.17) is 0 Å². The minimum Gasteiger partial charge on any atom is -0.0991 e. The van der Waals surface area contributed by atoms with Crippen molar-refractivity contribution in [2.45, 2.75) is 40.0 Å². The monoisotopic (exact) mass is 570 g/mol. The largest absolute Gasteiger partial charge is 0.284 e. The van der Waals surface area contributed by atoms with Crippen LogP contribution >= 0.6 is 0 Å². The topological polar surface area (TPSA) is 7.76 Å². The van der Waals surface area contributed by atoms with E-state index in [1.807, 2.05) is 12.2 Å². The fourth-order valence-corrected chi connectivity index (χ4v) is 7.27. The lowest BCUT2D eigenvalue weighted by atomic mass is 9.79. The van der Waals surface area contributed by atoms with E-state index in [0.717, 1.165) is 11.4 Å². The van der Waals surface area contributed by atoms with Crippen LogP contribution in [0.4, 0.5) is 0 Å². The summed E-state index contributed by atoms with van der Waals surface area (Å²) in [5.74, 6) is 0. The molecule has 0 aliphatic heterocycles. The molecule has 2 aromatic heterocycles. The third kappa shape index (κ3) is 4.33. The van der Waals surface area contributed by atoms with Crippen molar-refractivity contribution in [1.29, 1.82) is 0 Å². The number of pyridine rings is 2. The van der Waals surface area contributed by atoms with Crippen LogP contribution in [0.3, 0.4) is 0 Å². The van der Waals surface area contributed by atoms with Crippen molar-refractivity contribution in [1.82, 2.24) is 0 Å². The Morgan fingerprint density at radius 1 is 0.614 bits per heavy atom. The van der Waals surface area contributed by atoms with Crippen LogP contribution in [-0.4, -0.2) is 0 Å². The Hall–Kier alpha value is -5.08. The predicted octanol–water partition coefficient (Wildman–Crippen LogP) is 9.49. The summed E-state index contributed by atoms with van der Waals surface area (Å²) in [7, 11) is 0. The van der Waals surface area contributed by atoms with Gasteiger partial charge in [0, 0.05) is 29.7 Å². The summed E-state index contributed by atoms with van der Waals surface area (Å²) >= 11 is 0. The van der Waals surface area contributed by atoms with Gasteiger partial charge in [0.2, 0.25) is 12.4 Å². The van der Waals surface area contributed by atoms with Gasteiger partial charge < -0.3 is 0 Å². The number of rotatable bonds is 5. The molecule has 6 aromatic rings. The summed E-state index contributed by atoms with van der Waals surface area (Å²) in [6, 6.07) is 35.6. The molecule has 2 heterocycles. The highest BCUT2D eigenvalue weighted by molar-refractivity contribution is 5.89. The number of aryl methyl sites for hydroxylation is 2. The average molecular weight is 571 g/mol. The molecule has 2 nitrogen and oxygen atoms in total. The summed E-state index contributed by atoms with van der Waals surface area (Å²) in [5.41, 5.74) is 15.3. The van der Waals surface area contributed by atoms with Crippen LogP contribution in [0.5, 0.6) is 0 Å². The number of hydrogen-bond donors (Lipinski definition) is 0. The van der Waals surface area contributed by atoms with Gasteiger partial charge in [0.05, 0.1) is 20.5 Å². The summed E-state index contributed by atoms with van der Waals surface area (Å²) in [6.07, 6.45) is 10.4. The summed E-state index contributed by atoms with van der Waals surface area (Å²) in [5, 5.41) is 2.51. The molecule has 0 bridgehead atoms. The van der Waals surface area contributed by atoms with Crippen molar-refractivity contribution in [2.75, 3.05) is 0 Å². The molecular formula is C42H38N2+2. The van der Waals surface area contributed by atoms with E-state index in [-0.39, 0.29) is 5.41 Å². The second kappa shape index (κ2) is 10.6. The Morgan fingerprint density at radius 2 is 1.20 bits per heavy atom. The molecule has 1 aliphatic carbocycles. The molecule has 0 amide bonds. The van der Waals surface area contributed by atoms with Crippen LogP contribution in [0.1, 0.15) is 47.2 Å². The lowest BCUT2D eigenvalue weighted by Gasteiger charge is -2.24. The quantitative estimate of drug-likeness (QED) is 0.144. The van der Waals surface area contributed by atoms with E-state index < -0.39 is 0 Å². The molecule has 4 aromatic carbocycles. The van der Waals surface area contributed by atoms with E-state index >= 15 is 0 Å². The molecule has 214 valence electrons. The van der Waals surface area contributed by atoms with Crippen LogP contribution in [-0.2, 0) is 5.41 Å². The number of fused-ring (bicyclic) bond motifs is 4. The Balaban J connectivity index is 1.42. The number of benzene rings is 4. The van der Waals surface area contributed by atoms with Crippen molar-refractivity contribution in [3.05, 3.63) is 162 Å². The standard InChI is InChI=1S/C42H38N2/c1-7-8-15-31-20-21-34-37-27-36(29(3)25-38(37)42(5,6)41(34)30(31)4)40-19-12-14-23-44(40)43-22-13-11-18-39(43)35-26-33-17-10-9-16-32(33)24-28(35)2/h7-27H,1H2,2-6H3/q+2/b15-8-. The Morgan fingerprint density at radius 3 is 1.86 bits per heavy atom. The van der Waals surface area contributed by atoms with Crippen LogP contribution in [0.2, 0.25) is 0 Å². The average Bonchev–Trinajstić information content (AvgIpc) is 3.25. The van der Waals surface area contributed by atoms with E-state index in [1.165, 1.54) is 66.4 Å². The van der Waals surface area contributed by atoms with Crippen molar-refractivity contribution in [3.8, 4) is 33.6 Å². The second-order valence-corrected chi connectivity index (χ2v) is 12.5. The first kappa shape index (κ1) is 27.7. The first-order valence-electron chi connectivity index (χ1n) is 15.4. The van der Waals surface area contributed by atoms with E-state index in [0.29, 0.717) is 0 Å². The SMILES string of the molecule is C=C/C=C\c1ccc2c(c1C)C(C)(C)c1cc(C)c(-c3cccc[n+]3-[n+]3ccccc3-c3cc4ccccc4cc3C)cc1-2. The molecule has 0 atom stereocenters. The lowest BCUT2D eigenvalue weighted by Crippen LogP contribution is -2.68. The van der Waals surface area contributed by atoms with Crippen molar-refractivity contribution in [2.24, 2.45) is 0 Å². The fourth-order valence-electron chi connectivity index (χ4n) is 7.27. The van der Waals surface area contributed by atoms with Crippen LogP contribution < -0.4 is 9.35 Å². The first-order chi connectivity index (χ1) is 21.3. The number of hydrogen-bond acceptors (Lipinski definition) is 0. The maximum absolute atomic E-state index is 3.86. The third-order valence-electron chi connectivity index (χ3n) is 9.43. The highest BCUT2D eigenvalue weighted by Gasteiger charge is 2.39. The van der Waals surface area contributed by atoms with Gasteiger partial charge in [-0.1, -0.05) is 87.2 Å². The summed E-state index contributed by atoms with van der Waals surface area (Å²) in [6.45, 7) is 15.3. The molecule has 0 saturated carbocycles. The van der Waals surface area contributed by atoms with E-state index in [2.05, 4.69) is 166 Å². The van der Waals surface area contributed by atoms with Gasteiger partial charge in [-0.25, -0.2) is 0 Å². The lowest BCUT2D eigenvalue weighted by molar-refractivity contribution is -1.29. The van der Waals surface area contributed by atoms with Crippen molar-refractivity contribution < 1.29 is 9.35 Å². The van der Waals surface area contributed by atoms with Gasteiger partial charge in [0.15, 0.2) is 0 Å². The smallest absolute Gasteiger partial charge is 0.0991 e. The molecule has 0 unspecified atom stereocenters. The van der Waals surface area contributed by atoms with Crippen LogP contribution in [0.15, 0.2) is 128 Å². The van der Waals surface area contributed by atoms with Crippen LogP contribution in [0.25, 0.3) is 50.5 Å². The van der Waals surface area contributed by atoms with Gasteiger partial charge in [0.25, 0.3) is 11.4 Å². The van der Waals surface area contributed by atoms with Gasteiger partial charge >= 0.3 is 0 Å². The van der Waals surface area contributed by atoms with Crippen molar-refractivity contribution in [3.63, 3.8) is 0 Å². The molecule has 0 saturated heterocycles. The predicted molar refractivity (Wildman–Crippen MR) is 183 cm³/mol. The molecule has 1 aliphatic rings. The second-order valence-electron chi connectivity index (χ2n) is 12.5. The van der Waals surface area contributed by atoms with Crippen LogP contribution in [0, 0.1) is 20.8 Å². The first-order valence-corrected chi connectivity index (χ1v) is 15.4. The summed E-state index contributed by atoms with van der Waals surface area (Å²) in [4.78, 5) is 0. The zero-order valence-corrected chi connectivity index (χ0v) is 26.2. The zero-order chi connectivity index (χ0) is 30.6. The highest BCUT2D eigenvalue weighted by atomic mass is 15.4. The minimum absolute atomic E-state index is 0.0856. The molecule has 0 fully saturated rings. The minimum atomic E-state index is -0.0856. The highest BCUT2D eigenvalue weighted by Crippen LogP contribution is 2.52. The molecule has 2 heteroatoms. The Kier molecular flexibility index (Phi) is 6.66. The fraction of sp³-hybridized carbons (Fsp3) is 0.143. The number of aromatic nitrogens is 2. The number of nitrogens with zero attached hydrogens (tertiary/aromatic N) is 2. The molecule has 44 heavy (non-hydrogen) atoms. The zero-order valence-electron chi connectivity index (χ0n) is 26.2. The summed E-state index contributed by atoms with van der Waals surface area (Å²) < 4.78 is 4.56. The van der Waals surface area contributed by atoms with Gasteiger partial charge in [-0.15, -0.1) is 0 Å². The molecule has 0 spiro atoms. The maximum Gasteiger partial charge on any atom is 0.284 e. The maximum atomic E-state index is 3.86.